The highest BCUT2D eigenvalue weighted by Gasteiger charge is 2.48. The summed E-state index contributed by atoms with van der Waals surface area (Å²) in [5.41, 5.74) is 2.61. The first kappa shape index (κ1) is 12.5. The van der Waals surface area contributed by atoms with Gasteiger partial charge in [-0.05, 0) is 25.0 Å². The van der Waals surface area contributed by atoms with Crippen LogP contribution in [0.4, 0.5) is 0 Å². The molecule has 1 aromatic heterocycles. The maximum absolute atomic E-state index is 5.45. The molecule has 1 fully saturated rings. The van der Waals surface area contributed by atoms with Crippen molar-refractivity contribution < 1.29 is 4.74 Å². The van der Waals surface area contributed by atoms with Gasteiger partial charge in [-0.15, -0.1) is 0 Å². The van der Waals surface area contributed by atoms with Crippen molar-refractivity contribution in [2.24, 2.45) is 5.41 Å². The van der Waals surface area contributed by atoms with Gasteiger partial charge in [0.15, 0.2) is 0 Å². The van der Waals surface area contributed by atoms with E-state index >= 15 is 0 Å². The lowest BCUT2D eigenvalue weighted by Gasteiger charge is -2.51. The topological polar surface area (TPSA) is 34.1 Å². The van der Waals surface area contributed by atoms with Crippen LogP contribution in [0.15, 0.2) is 18.3 Å². The maximum Gasteiger partial charge on any atom is 0.0652 e. The number of hydrogen-bond donors (Lipinski definition) is 1. The van der Waals surface area contributed by atoms with Crippen molar-refractivity contribution in [3.05, 3.63) is 29.6 Å². The van der Waals surface area contributed by atoms with E-state index in [9.17, 15) is 0 Å². The molecule has 0 spiro atoms. The third-order valence-corrected chi connectivity index (χ3v) is 4.10. The molecule has 3 heteroatoms. The second-order valence-corrected chi connectivity index (χ2v) is 5.48. The molecule has 2 atom stereocenters. The molecule has 0 radical (unpaired) electrons. The molecular weight excluding hydrogens is 212 g/mol. The average Bonchev–Trinajstić information content (AvgIpc) is 2.30. The van der Waals surface area contributed by atoms with E-state index in [1.165, 1.54) is 5.56 Å². The number of aromatic nitrogens is 1. The molecule has 1 aliphatic rings. The fourth-order valence-corrected chi connectivity index (χ4v) is 2.56. The molecule has 0 saturated heterocycles. The van der Waals surface area contributed by atoms with Crippen LogP contribution in [-0.2, 0) is 11.3 Å². The molecule has 2 unspecified atom stereocenters. The van der Waals surface area contributed by atoms with E-state index in [4.69, 9.17) is 4.74 Å². The van der Waals surface area contributed by atoms with Gasteiger partial charge in [-0.1, -0.05) is 19.9 Å². The van der Waals surface area contributed by atoms with Crippen LogP contribution in [0.5, 0.6) is 0 Å². The van der Waals surface area contributed by atoms with Crippen LogP contribution in [0.3, 0.4) is 0 Å². The summed E-state index contributed by atoms with van der Waals surface area (Å²) in [5, 5.41) is 3.59. The zero-order valence-electron chi connectivity index (χ0n) is 11.2. The van der Waals surface area contributed by atoms with Gasteiger partial charge in [0.1, 0.15) is 0 Å². The Morgan fingerprint density at radius 1 is 1.53 bits per heavy atom. The van der Waals surface area contributed by atoms with Gasteiger partial charge in [0.25, 0.3) is 0 Å². The van der Waals surface area contributed by atoms with Gasteiger partial charge >= 0.3 is 0 Å². The fraction of sp³-hybridized carbons (Fsp3) is 0.643. The number of hydrogen-bond acceptors (Lipinski definition) is 3. The number of rotatable bonds is 4. The Morgan fingerprint density at radius 2 is 2.29 bits per heavy atom. The SMILES string of the molecule is COC1CC(NCc2ncccc2C)C1(C)C. The third kappa shape index (κ3) is 2.35. The molecule has 0 amide bonds. The third-order valence-electron chi connectivity index (χ3n) is 4.10. The van der Waals surface area contributed by atoms with E-state index in [-0.39, 0.29) is 5.41 Å². The Bertz CT molecular complexity index is 390. The summed E-state index contributed by atoms with van der Waals surface area (Å²) in [4.78, 5) is 4.40. The summed E-state index contributed by atoms with van der Waals surface area (Å²) in [5.74, 6) is 0. The second-order valence-electron chi connectivity index (χ2n) is 5.48. The fourth-order valence-electron chi connectivity index (χ4n) is 2.56. The molecule has 1 saturated carbocycles. The van der Waals surface area contributed by atoms with Crippen LogP contribution >= 0.6 is 0 Å². The Labute approximate surface area is 104 Å². The normalized spacial score (nSPS) is 26.6. The van der Waals surface area contributed by atoms with Gasteiger partial charge in [0.05, 0.1) is 11.8 Å². The highest BCUT2D eigenvalue weighted by Crippen LogP contribution is 2.42. The molecule has 1 aromatic rings. The average molecular weight is 234 g/mol. The lowest BCUT2D eigenvalue weighted by molar-refractivity contribution is -0.0979. The molecule has 1 aliphatic carbocycles. The van der Waals surface area contributed by atoms with Gasteiger partial charge in [0, 0.05) is 31.3 Å². The van der Waals surface area contributed by atoms with Crippen molar-refractivity contribution in [1.82, 2.24) is 10.3 Å². The maximum atomic E-state index is 5.45. The molecule has 0 aromatic carbocycles. The number of methoxy groups -OCH3 is 1. The van der Waals surface area contributed by atoms with Crippen molar-refractivity contribution in [3.8, 4) is 0 Å². The molecular formula is C14H22N2O. The van der Waals surface area contributed by atoms with Crippen LogP contribution in [0, 0.1) is 12.3 Å². The van der Waals surface area contributed by atoms with Crippen LogP contribution in [-0.4, -0.2) is 24.2 Å². The summed E-state index contributed by atoms with van der Waals surface area (Å²) in [6.07, 6.45) is 3.33. The summed E-state index contributed by atoms with van der Waals surface area (Å²) < 4.78 is 5.45. The van der Waals surface area contributed by atoms with Gasteiger partial charge in [0.2, 0.25) is 0 Å². The van der Waals surface area contributed by atoms with Crippen molar-refractivity contribution in [2.45, 2.75) is 45.9 Å². The largest absolute Gasteiger partial charge is 0.381 e. The zero-order chi connectivity index (χ0) is 12.5. The van der Waals surface area contributed by atoms with Crippen molar-refractivity contribution in [3.63, 3.8) is 0 Å². The number of pyridine rings is 1. The Hall–Kier alpha value is -0.930. The minimum Gasteiger partial charge on any atom is -0.381 e. The number of aryl methyl sites for hydroxylation is 1. The van der Waals surface area contributed by atoms with E-state index in [0.29, 0.717) is 12.1 Å². The zero-order valence-corrected chi connectivity index (χ0v) is 11.2. The van der Waals surface area contributed by atoms with E-state index in [2.05, 4.69) is 37.1 Å². The monoisotopic (exact) mass is 234 g/mol. The first-order valence-corrected chi connectivity index (χ1v) is 6.22. The lowest BCUT2D eigenvalue weighted by Crippen LogP contribution is -2.60. The Balaban J connectivity index is 1.91. The number of ether oxygens (including phenoxy) is 1. The molecule has 0 bridgehead atoms. The summed E-state index contributed by atoms with van der Waals surface area (Å²) in [7, 11) is 1.80. The number of nitrogens with one attached hydrogen (secondary N) is 1. The van der Waals surface area contributed by atoms with Gasteiger partial charge in [-0.25, -0.2) is 0 Å². The molecule has 3 nitrogen and oxygen atoms in total. The standard InChI is InChI=1S/C14H22N2O/c1-10-6-5-7-15-11(10)9-16-12-8-13(17-4)14(12,2)3/h5-7,12-13,16H,8-9H2,1-4H3. The first-order chi connectivity index (χ1) is 8.05. The minimum absolute atomic E-state index is 0.220. The lowest BCUT2D eigenvalue weighted by atomic mass is 9.64. The van der Waals surface area contributed by atoms with Gasteiger partial charge in [-0.2, -0.15) is 0 Å². The van der Waals surface area contributed by atoms with Crippen LogP contribution in [0.25, 0.3) is 0 Å². The summed E-state index contributed by atoms with van der Waals surface area (Å²) >= 11 is 0. The predicted octanol–water partition coefficient (Wildman–Crippen LogP) is 2.29. The van der Waals surface area contributed by atoms with E-state index < -0.39 is 0 Å². The Morgan fingerprint density at radius 3 is 2.88 bits per heavy atom. The molecule has 1 N–H and O–H groups in total. The van der Waals surface area contributed by atoms with Gasteiger partial charge in [-0.3, -0.25) is 4.98 Å². The van der Waals surface area contributed by atoms with Crippen LogP contribution in [0.2, 0.25) is 0 Å². The smallest absolute Gasteiger partial charge is 0.0652 e. The second kappa shape index (κ2) is 4.75. The van der Waals surface area contributed by atoms with E-state index in [0.717, 1.165) is 18.7 Å². The van der Waals surface area contributed by atoms with Crippen LogP contribution < -0.4 is 5.32 Å². The van der Waals surface area contributed by atoms with E-state index in [1.807, 2.05) is 12.3 Å². The highest BCUT2D eigenvalue weighted by atomic mass is 16.5. The molecule has 17 heavy (non-hydrogen) atoms. The summed E-state index contributed by atoms with van der Waals surface area (Å²) in [6.45, 7) is 7.46. The Kier molecular flexibility index (Phi) is 3.50. The van der Waals surface area contributed by atoms with Crippen LogP contribution in [0.1, 0.15) is 31.5 Å². The summed E-state index contributed by atoms with van der Waals surface area (Å²) in [6, 6.07) is 4.61. The van der Waals surface area contributed by atoms with Crippen molar-refractivity contribution in [1.29, 1.82) is 0 Å². The van der Waals surface area contributed by atoms with Gasteiger partial charge < -0.3 is 10.1 Å². The molecule has 0 aliphatic heterocycles. The predicted molar refractivity (Wildman–Crippen MR) is 68.8 cm³/mol. The quantitative estimate of drug-likeness (QED) is 0.868. The first-order valence-electron chi connectivity index (χ1n) is 6.22. The molecule has 94 valence electrons. The van der Waals surface area contributed by atoms with Crippen molar-refractivity contribution >= 4 is 0 Å². The minimum atomic E-state index is 0.220. The number of nitrogens with zero attached hydrogens (tertiary/aromatic N) is 1. The molecule has 2 rings (SSSR count). The van der Waals surface area contributed by atoms with E-state index in [1.54, 1.807) is 7.11 Å². The van der Waals surface area contributed by atoms with Crippen molar-refractivity contribution in [2.75, 3.05) is 7.11 Å². The molecule has 1 heterocycles. The highest BCUT2D eigenvalue weighted by molar-refractivity contribution is 5.17.